The first-order chi connectivity index (χ1) is 12.5. The number of fused-ring (bicyclic) bond motifs is 1. The van der Waals surface area contributed by atoms with E-state index >= 15 is 0 Å². The van der Waals surface area contributed by atoms with Crippen molar-refractivity contribution in [3.05, 3.63) is 83.2 Å². The van der Waals surface area contributed by atoms with Crippen LogP contribution in [0.15, 0.2) is 47.8 Å². The quantitative estimate of drug-likeness (QED) is 0.447. The number of nitro benzene ring substituents is 1. The average molecular weight is 405 g/mol. The highest BCUT2D eigenvalue weighted by atomic mass is 35.5. The third kappa shape index (κ3) is 3.02. The first kappa shape index (κ1) is 17.2. The summed E-state index contributed by atoms with van der Waals surface area (Å²) in [7, 11) is 0. The van der Waals surface area contributed by atoms with E-state index in [0.717, 1.165) is 17.5 Å². The summed E-state index contributed by atoms with van der Waals surface area (Å²) in [5, 5.41) is 13.0. The number of amides is 1. The third-order valence-corrected chi connectivity index (χ3v) is 6.65. The second-order valence-corrected chi connectivity index (χ2v) is 8.62. The van der Waals surface area contributed by atoms with Crippen molar-refractivity contribution in [2.75, 3.05) is 6.54 Å². The van der Waals surface area contributed by atoms with Gasteiger partial charge in [0, 0.05) is 23.6 Å². The molecule has 26 heavy (non-hydrogen) atoms. The molecule has 3 heterocycles. The van der Waals surface area contributed by atoms with Gasteiger partial charge in [0.25, 0.3) is 11.6 Å². The van der Waals surface area contributed by atoms with Crippen LogP contribution >= 0.6 is 34.3 Å². The average Bonchev–Trinajstić information content (AvgIpc) is 3.29. The Hall–Kier alpha value is -2.22. The van der Waals surface area contributed by atoms with Crippen molar-refractivity contribution in [2.45, 2.75) is 12.5 Å². The van der Waals surface area contributed by atoms with E-state index in [1.165, 1.54) is 28.3 Å². The summed E-state index contributed by atoms with van der Waals surface area (Å²) in [6.45, 7) is 0.601. The van der Waals surface area contributed by atoms with Crippen LogP contribution in [0.2, 0.25) is 4.34 Å². The Balaban J connectivity index is 1.76. The lowest BCUT2D eigenvalue weighted by Crippen LogP contribution is -2.39. The first-order valence-electron chi connectivity index (χ1n) is 7.91. The topological polar surface area (TPSA) is 63.5 Å². The summed E-state index contributed by atoms with van der Waals surface area (Å²) in [5.74, 6) is -0.0675. The van der Waals surface area contributed by atoms with Crippen LogP contribution in [0.4, 0.5) is 5.69 Å². The number of non-ortho nitro benzene ring substituents is 1. The normalized spacial score (nSPS) is 16.3. The van der Waals surface area contributed by atoms with Gasteiger partial charge in [0.15, 0.2) is 0 Å². The smallest absolute Gasteiger partial charge is 0.269 e. The number of halogens is 1. The van der Waals surface area contributed by atoms with Gasteiger partial charge in [-0.05, 0) is 53.3 Å². The van der Waals surface area contributed by atoms with Gasteiger partial charge in [0.05, 0.1) is 20.2 Å². The lowest BCUT2D eigenvalue weighted by Gasteiger charge is -2.36. The fourth-order valence-corrected chi connectivity index (χ4v) is 5.15. The standard InChI is InChI=1S/C18H13ClN2O3S2/c19-16-6-5-15(26-16)18(22)20-9-7-14-13(8-10-25-14)17(20)11-1-3-12(4-2-11)21(23)24/h1-6,8,10,17H,7,9H2. The van der Waals surface area contributed by atoms with E-state index in [1.807, 2.05) is 16.3 Å². The second-order valence-electron chi connectivity index (χ2n) is 5.90. The molecule has 0 N–H and O–H groups in total. The van der Waals surface area contributed by atoms with Crippen molar-refractivity contribution in [3.63, 3.8) is 0 Å². The second kappa shape index (κ2) is 6.83. The molecule has 1 amide bonds. The Bertz CT molecular complexity index is 980. The van der Waals surface area contributed by atoms with Crippen LogP contribution in [0.3, 0.4) is 0 Å². The van der Waals surface area contributed by atoms with Crippen molar-refractivity contribution < 1.29 is 9.72 Å². The van der Waals surface area contributed by atoms with E-state index in [1.54, 1.807) is 35.6 Å². The number of nitro groups is 1. The molecule has 0 fully saturated rings. The number of hydrogen-bond donors (Lipinski definition) is 0. The van der Waals surface area contributed by atoms with Gasteiger partial charge in [0.1, 0.15) is 0 Å². The molecular formula is C18H13ClN2O3S2. The molecule has 0 aliphatic carbocycles. The summed E-state index contributed by atoms with van der Waals surface area (Å²) < 4.78 is 0.577. The van der Waals surface area contributed by atoms with Gasteiger partial charge < -0.3 is 4.90 Å². The lowest BCUT2D eigenvalue weighted by molar-refractivity contribution is -0.384. The van der Waals surface area contributed by atoms with E-state index in [4.69, 9.17) is 11.6 Å². The maximum Gasteiger partial charge on any atom is 0.269 e. The third-order valence-electron chi connectivity index (χ3n) is 4.43. The van der Waals surface area contributed by atoms with Crippen molar-refractivity contribution >= 4 is 45.9 Å². The van der Waals surface area contributed by atoms with E-state index in [-0.39, 0.29) is 17.6 Å². The summed E-state index contributed by atoms with van der Waals surface area (Å²) in [4.78, 5) is 27.3. The molecule has 3 aromatic rings. The van der Waals surface area contributed by atoms with Crippen LogP contribution in [-0.4, -0.2) is 22.3 Å². The Kier molecular flexibility index (Phi) is 4.52. The minimum atomic E-state index is -0.419. The zero-order chi connectivity index (χ0) is 18.3. The SMILES string of the molecule is O=C(c1ccc(Cl)s1)N1CCc2sccc2C1c1ccc([N+](=O)[O-])cc1. The van der Waals surface area contributed by atoms with Gasteiger partial charge >= 0.3 is 0 Å². The van der Waals surface area contributed by atoms with Crippen molar-refractivity contribution in [2.24, 2.45) is 0 Å². The summed E-state index contributed by atoms with van der Waals surface area (Å²) in [5.41, 5.74) is 2.00. The minimum Gasteiger partial charge on any atom is -0.326 e. The van der Waals surface area contributed by atoms with E-state index in [2.05, 4.69) is 0 Å². The van der Waals surface area contributed by atoms with Crippen molar-refractivity contribution in [1.82, 2.24) is 4.90 Å². The molecular weight excluding hydrogens is 392 g/mol. The molecule has 0 saturated carbocycles. The molecule has 4 rings (SSSR count). The minimum absolute atomic E-state index is 0.0398. The van der Waals surface area contributed by atoms with Gasteiger partial charge in [-0.25, -0.2) is 0 Å². The Morgan fingerprint density at radius 1 is 1.19 bits per heavy atom. The largest absolute Gasteiger partial charge is 0.326 e. The number of benzene rings is 1. The predicted octanol–water partition coefficient (Wildman–Crippen LogP) is 5.16. The molecule has 2 aromatic heterocycles. The van der Waals surface area contributed by atoms with Crippen LogP contribution in [-0.2, 0) is 6.42 Å². The van der Waals surface area contributed by atoms with Crippen molar-refractivity contribution in [1.29, 1.82) is 0 Å². The van der Waals surface area contributed by atoms with Gasteiger partial charge in [-0.1, -0.05) is 11.6 Å². The maximum absolute atomic E-state index is 13.1. The monoisotopic (exact) mass is 404 g/mol. The highest BCUT2D eigenvalue weighted by Crippen LogP contribution is 2.39. The van der Waals surface area contributed by atoms with Gasteiger partial charge in [-0.2, -0.15) is 0 Å². The number of nitrogens with zero attached hydrogens (tertiary/aromatic N) is 2. The van der Waals surface area contributed by atoms with Crippen LogP contribution in [0.5, 0.6) is 0 Å². The van der Waals surface area contributed by atoms with Crippen LogP contribution in [0.25, 0.3) is 0 Å². The molecule has 0 saturated heterocycles. The van der Waals surface area contributed by atoms with E-state index in [0.29, 0.717) is 15.8 Å². The predicted molar refractivity (Wildman–Crippen MR) is 103 cm³/mol. The number of thiophene rings is 2. The molecule has 8 heteroatoms. The van der Waals surface area contributed by atoms with Crippen LogP contribution in [0.1, 0.15) is 31.7 Å². The number of rotatable bonds is 3. The molecule has 1 aliphatic heterocycles. The van der Waals surface area contributed by atoms with Gasteiger partial charge in [-0.15, -0.1) is 22.7 Å². The zero-order valence-electron chi connectivity index (χ0n) is 13.4. The molecule has 0 bridgehead atoms. The molecule has 1 aliphatic rings. The number of hydrogen-bond acceptors (Lipinski definition) is 5. The van der Waals surface area contributed by atoms with Gasteiger partial charge in [-0.3, -0.25) is 14.9 Å². The molecule has 0 radical (unpaired) electrons. The molecule has 1 unspecified atom stereocenters. The number of carbonyl (C=O) groups excluding carboxylic acids is 1. The highest BCUT2D eigenvalue weighted by molar-refractivity contribution is 7.18. The summed E-state index contributed by atoms with van der Waals surface area (Å²) in [6, 6.07) is 11.7. The highest BCUT2D eigenvalue weighted by Gasteiger charge is 2.34. The molecule has 1 atom stereocenters. The molecule has 132 valence electrons. The lowest BCUT2D eigenvalue weighted by atomic mass is 9.93. The Labute approximate surface area is 162 Å². The molecule has 1 aromatic carbocycles. The van der Waals surface area contributed by atoms with Crippen LogP contribution < -0.4 is 0 Å². The molecule has 5 nitrogen and oxygen atoms in total. The van der Waals surface area contributed by atoms with E-state index in [9.17, 15) is 14.9 Å². The fourth-order valence-electron chi connectivity index (χ4n) is 3.24. The number of carbonyl (C=O) groups is 1. The summed E-state index contributed by atoms with van der Waals surface area (Å²) in [6.07, 6.45) is 0.807. The maximum atomic E-state index is 13.1. The zero-order valence-corrected chi connectivity index (χ0v) is 15.8. The molecule has 0 spiro atoms. The summed E-state index contributed by atoms with van der Waals surface area (Å²) >= 11 is 8.94. The fraction of sp³-hybridized carbons (Fsp3) is 0.167. The first-order valence-corrected chi connectivity index (χ1v) is 9.99. The van der Waals surface area contributed by atoms with Crippen molar-refractivity contribution in [3.8, 4) is 0 Å². The Morgan fingerprint density at radius 2 is 1.96 bits per heavy atom. The van der Waals surface area contributed by atoms with Crippen LogP contribution in [0, 0.1) is 10.1 Å². The van der Waals surface area contributed by atoms with Gasteiger partial charge in [0.2, 0.25) is 0 Å². The Morgan fingerprint density at radius 3 is 2.62 bits per heavy atom. The van der Waals surface area contributed by atoms with E-state index < -0.39 is 4.92 Å².